The highest BCUT2D eigenvalue weighted by atomic mass is 79.9. The molecule has 2 rings (SSSR count). The fourth-order valence-electron chi connectivity index (χ4n) is 2.74. The molecule has 2 nitrogen and oxygen atoms in total. The average molecular weight is 317 g/mol. The van der Waals surface area contributed by atoms with Gasteiger partial charge in [-0.25, -0.2) is 0 Å². The summed E-state index contributed by atoms with van der Waals surface area (Å²) in [7, 11) is 0. The highest BCUT2D eigenvalue weighted by Gasteiger charge is 2.18. The summed E-state index contributed by atoms with van der Waals surface area (Å²) in [6.45, 7) is 0. The number of hydrogen-bond donors (Lipinski definition) is 2. The Morgan fingerprint density at radius 3 is 2.76 bits per heavy atom. The molecule has 1 fully saturated rings. The molecule has 1 aliphatic carbocycles. The van der Waals surface area contributed by atoms with Gasteiger partial charge in [0.05, 0.1) is 0 Å². The van der Waals surface area contributed by atoms with Crippen LogP contribution in [-0.2, 0) is 6.42 Å². The van der Waals surface area contributed by atoms with Crippen LogP contribution in [0.25, 0.3) is 0 Å². The summed E-state index contributed by atoms with van der Waals surface area (Å²) in [6.07, 6.45) is 9.32. The van der Waals surface area contributed by atoms with Crippen LogP contribution in [0.4, 0.5) is 0 Å². The standard InChI is InChI=1S/C13H21BrN2S/c14-11-7-13(17-9-11)8-12(16-15)6-10-4-2-1-3-5-10/h7,9-10,12,16H,1-6,8,15H2. The molecule has 1 aliphatic rings. The van der Waals surface area contributed by atoms with Gasteiger partial charge in [0, 0.05) is 20.8 Å². The van der Waals surface area contributed by atoms with Crippen molar-refractivity contribution in [2.24, 2.45) is 11.8 Å². The molecule has 3 N–H and O–H groups in total. The van der Waals surface area contributed by atoms with E-state index in [1.165, 1.54) is 47.9 Å². The van der Waals surface area contributed by atoms with Gasteiger partial charge in [-0.3, -0.25) is 11.3 Å². The third kappa shape index (κ3) is 4.36. The van der Waals surface area contributed by atoms with Crippen molar-refractivity contribution in [3.05, 3.63) is 20.8 Å². The number of nitrogens with one attached hydrogen (secondary N) is 1. The van der Waals surface area contributed by atoms with E-state index in [0.717, 1.165) is 12.3 Å². The van der Waals surface area contributed by atoms with Gasteiger partial charge >= 0.3 is 0 Å². The molecular formula is C13H21BrN2S. The van der Waals surface area contributed by atoms with Gasteiger partial charge in [-0.2, -0.15) is 0 Å². The van der Waals surface area contributed by atoms with E-state index >= 15 is 0 Å². The van der Waals surface area contributed by atoms with Crippen molar-refractivity contribution < 1.29 is 0 Å². The van der Waals surface area contributed by atoms with Gasteiger partial charge in [-0.15, -0.1) is 11.3 Å². The summed E-state index contributed by atoms with van der Waals surface area (Å²) in [5, 5.41) is 2.14. The molecule has 0 aliphatic heterocycles. The molecular weight excluding hydrogens is 296 g/mol. The minimum Gasteiger partial charge on any atom is -0.271 e. The van der Waals surface area contributed by atoms with Gasteiger partial charge in [0.25, 0.3) is 0 Å². The third-order valence-electron chi connectivity index (χ3n) is 3.65. The first-order valence-corrected chi connectivity index (χ1v) is 8.14. The number of hydrogen-bond acceptors (Lipinski definition) is 3. The Kier molecular flexibility index (Phi) is 5.48. The number of thiophene rings is 1. The summed E-state index contributed by atoms with van der Waals surface area (Å²) in [4.78, 5) is 1.41. The first kappa shape index (κ1) is 13.5. The average Bonchev–Trinajstić information content (AvgIpc) is 2.75. The smallest absolute Gasteiger partial charge is 0.0285 e. The fourth-order valence-corrected chi connectivity index (χ4v) is 4.27. The molecule has 96 valence electrons. The van der Waals surface area contributed by atoms with Crippen molar-refractivity contribution in [1.29, 1.82) is 0 Å². The van der Waals surface area contributed by atoms with E-state index in [9.17, 15) is 0 Å². The molecule has 0 aromatic carbocycles. The van der Waals surface area contributed by atoms with Gasteiger partial charge in [0.15, 0.2) is 0 Å². The molecule has 1 aromatic rings. The van der Waals surface area contributed by atoms with Crippen molar-refractivity contribution in [2.45, 2.75) is 51.0 Å². The Morgan fingerprint density at radius 2 is 2.18 bits per heavy atom. The minimum absolute atomic E-state index is 0.434. The normalized spacial score (nSPS) is 19.4. The Balaban J connectivity index is 1.83. The first-order chi connectivity index (χ1) is 8.28. The molecule has 0 spiro atoms. The zero-order chi connectivity index (χ0) is 12.1. The number of nitrogens with two attached hydrogens (primary N) is 1. The second-order valence-corrected chi connectivity index (χ2v) is 6.95. The highest BCUT2D eigenvalue weighted by Crippen LogP contribution is 2.29. The second kappa shape index (κ2) is 6.88. The quantitative estimate of drug-likeness (QED) is 0.639. The van der Waals surface area contributed by atoms with Gasteiger partial charge in [0.1, 0.15) is 0 Å². The first-order valence-electron chi connectivity index (χ1n) is 6.47. The van der Waals surface area contributed by atoms with Crippen LogP contribution in [-0.4, -0.2) is 6.04 Å². The maximum Gasteiger partial charge on any atom is 0.0285 e. The number of rotatable bonds is 5. The second-order valence-electron chi connectivity index (χ2n) is 5.04. The van der Waals surface area contributed by atoms with Crippen LogP contribution in [0.3, 0.4) is 0 Å². The Labute approximate surface area is 116 Å². The van der Waals surface area contributed by atoms with Crippen molar-refractivity contribution in [3.63, 3.8) is 0 Å². The molecule has 0 amide bonds. The van der Waals surface area contributed by atoms with Crippen LogP contribution in [0.15, 0.2) is 15.9 Å². The lowest BCUT2D eigenvalue weighted by molar-refractivity contribution is 0.298. The molecule has 1 heterocycles. The van der Waals surface area contributed by atoms with Crippen molar-refractivity contribution in [3.8, 4) is 0 Å². The Morgan fingerprint density at radius 1 is 1.41 bits per heavy atom. The van der Waals surface area contributed by atoms with Crippen molar-refractivity contribution >= 4 is 27.3 Å². The van der Waals surface area contributed by atoms with Crippen LogP contribution in [0, 0.1) is 5.92 Å². The highest BCUT2D eigenvalue weighted by molar-refractivity contribution is 9.10. The summed E-state index contributed by atoms with van der Waals surface area (Å²) in [5.74, 6) is 6.57. The van der Waals surface area contributed by atoms with Gasteiger partial charge < -0.3 is 0 Å². The molecule has 0 bridgehead atoms. The monoisotopic (exact) mass is 316 g/mol. The predicted molar refractivity (Wildman–Crippen MR) is 78.0 cm³/mol. The summed E-state index contributed by atoms with van der Waals surface area (Å²) in [6, 6.07) is 2.64. The molecule has 1 saturated carbocycles. The van der Waals surface area contributed by atoms with Crippen LogP contribution in [0.1, 0.15) is 43.4 Å². The summed E-state index contributed by atoms with van der Waals surface area (Å²) < 4.78 is 1.19. The fraction of sp³-hybridized carbons (Fsp3) is 0.692. The van der Waals surface area contributed by atoms with Crippen LogP contribution < -0.4 is 11.3 Å². The zero-order valence-electron chi connectivity index (χ0n) is 10.1. The van der Waals surface area contributed by atoms with E-state index in [-0.39, 0.29) is 0 Å². The topological polar surface area (TPSA) is 38.0 Å². The van der Waals surface area contributed by atoms with E-state index in [1.807, 2.05) is 11.3 Å². The van der Waals surface area contributed by atoms with Crippen LogP contribution in [0.5, 0.6) is 0 Å². The SMILES string of the molecule is NNC(Cc1cc(Br)cs1)CC1CCCCC1. The largest absolute Gasteiger partial charge is 0.271 e. The molecule has 4 heteroatoms. The van der Waals surface area contributed by atoms with E-state index in [1.54, 1.807) is 0 Å². The zero-order valence-corrected chi connectivity index (χ0v) is 12.5. The van der Waals surface area contributed by atoms with Gasteiger partial charge in [-0.1, -0.05) is 32.1 Å². The van der Waals surface area contributed by atoms with Gasteiger partial charge in [0.2, 0.25) is 0 Å². The number of halogens is 1. The lowest BCUT2D eigenvalue weighted by Crippen LogP contribution is -2.38. The molecule has 1 unspecified atom stereocenters. The van der Waals surface area contributed by atoms with E-state index in [0.29, 0.717) is 6.04 Å². The number of hydrazine groups is 1. The predicted octanol–water partition coefficient (Wildman–Crippen LogP) is 3.86. The lowest BCUT2D eigenvalue weighted by atomic mass is 9.84. The van der Waals surface area contributed by atoms with E-state index in [2.05, 4.69) is 32.8 Å². The van der Waals surface area contributed by atoms with Crippen molar-refractivity contribution in [2.75, 3.05) is 0 Å². The maximum atomic E-state index is 5.69. The molecule has 17 heavy (non-hydrogen) atoms. The van der Waals surface area contributed by atoms with Crippen molar-refractivity contribution in [1.82, 2.24) is 5.43 Å². The van der Waals surface area contributed by atoms with Crippen LogP contribution in [0.2, 0.25) is 0 Å². The Hall–Kier alpha value is 0.1000. The molecule has 1 aromatic heterocycles. The molecule has 0 saturated heterocycles. The van der Waals surface area contributed by atoms with Gasteiger partial charge in [-0.05, 0) is 40.8 Å². The minimum atomic E-state index is 0.434. The molecule has 1 atom stereocenters. The third-order valence-corrected chi connectivity index (χ3v) is 5.37. The van der Waals surface area contributed by atoms with E-state index in [4.69, 9.17) is 5.84 Å². The lowest BCUT2D eigenvalue weighted by Gasteiger charge is -2.25. The van der Waals surface area contributed by atoms with E-state index < -0.39 is 0 Å². The summed E-state index contributed by atoms with van der Waals surface area (Å²) in [5.41, 5.74) is 3.00. The molecule has 0 radical (unpaired) electrons. The Bertz CT molecular complexity index is 334. The van der Waals surface area contributed by atoms with Crippen LogP contribution >= 0.6 is 27.3 Å². The summed E-state index contributed by atoms with van der Waals surface area (Å²) >= 11 is 5.31. The maximum absolute atomic E-state index is 5.69.